The number of aliphatic carboxylic acids is 1. The highest BCUT2D eigenvalue weighted by atomic mass is 32.2. The Labute approximate surface area is 128 Å². The molecule has 1 aromatic rings. The van der Waals surface area contributed by atoms with Crippen LogP contribution >= 0.6 is 11.8 Å². The van der Waals surface area contributed by atoms with Gasteiger partial charge < -0.3 is 5.11 Å². The zero-order valence-electron chi connectivity index (χ0n) is 11.8. The van der Waals surface area contributed by atoms with Crippen molar-refractivity contribution in [2.45, 2.75) is 24.8 Å². The van der Waals surface area contributed by atoms with E-state index in [0.717, 1.165) is 11.8 Å². The fraction of sp³-hybridized carbons (Fsp3) is 0.385. The lowest BCUT2D eigenvalue weighted by atomic mass is 10.2. The van der Waals surface area contributed by atoms with Crippen LogP contribution in [-0.2, 0) is 14.8 Å². The SMILES string of the molecule is CCSCC(C)NS(=O)(=O)c1cncc(/C=C/C(=O)O)c1. The Morgan fingerprint density at radius 1 is 1.52 bits per heavy atom. The predicted octanol–water partition coefficient (Wildman–Crippen LogP) is 1.60. The van der Waals surface area contributed by atoms with E-state index in [4.69, 9.17) is 5.11 Å². The van der Waals surface area contributed by atoms with E-state index in [-0.39, 0.29) is 10.9 Å². The van der Waals surface area contributed by atoms with Crippen molar-refractivity contribution >= 4 is 33.8 Å². The lowest BCUT2D eigenvalue weighted by Crippen LogP contribution is -2.34. The van der Waals surface area contributed by atoms with Crippen LogP contribution in [0.1, 0.15) is 19.4 Å². The fourth-order valence-electron chi connectivity index (χ4n) is 1.50. The normalized spacial score (nSPS) is 13.4. The van der Waals surface area contributed by atoms with Crippen molar-refractivity contribution < 1.29 is 18.3 Å². The molecule has 0 aliphatic heterocycles. The number of sulfonamides is 1. The summed E-state index contributed by atoms with van der Waals surface area (Å²) in [5.41, 5.74) is 0.413. The second-order valence-electron chi connectivity index (χ2n) is 4.31. The number of carboxylic acid groups (broad SMARTS) is 1. The Morgan fingerprint density at radius 2 is 2.24 bits per heavy atom. The standard InChI is InChI=1S/C13H18N2O4S2/c1-3-20-9-10(2)15-21(18,19)12-6-11(7-14-8-12)4-5-13(16)17/h4-8,10,15H,3,9H2,1-2H3,(H,16,17)/b5-4+. The molecule has 1 heterocycles. The van der Waals surface area contributed by atoms with Crippen LogP contribution in [0.25, 0.3) is 6.08 Å². The Kier molecular flexibility index (Phi) is 6.86. The number of nitrogens with zero attached hydrogens (tertiary/aromatic N) is 1. The van der Waals surface area contributed by atoms with Gasteiger partial charge in [0.15, 0.2) is 0 Å². The third-order valence-corrected chi connectivity index (χ3v) is 5.09. The number of pyridine rings is 1. The first kappa shape index (κ1) is 17.7. The summed E-state index contributed by atoms with van der Waals surface area (Å²) >= 11 is 1.65. The highest BCUT2D eigenvalue weighted by molar-refractivity contribution is 7.99. The fourth-order valence-corrected chi connectivity index (χ4v) is 3.52. The molecule has 0 aliphatic rings. The molecule has 0 saturated heterocycles. The van der Waals surface area contributed by atoms with Crippen molar-refractivity contribution in [3.8, 4) is 0 Å². The van der Waals surface area contributed by atoms with Crippen molar-refractivity contribution in [1.29, 1.82) is 0 Å². The second-order valence-corrected chi connectivity index (χ2v) is 7.34. The van der Waals surface area contributed by atoms with E-state index in [2.05, 4.69) is 9.71 Å². The molecular weight excluding hydrogens is 312 g/mol. The molecule has 1 unspecified atom stereocenters. The zero-order chi connectivity index (χ0) is 15.9. The molecule has 0 aromatic carbocycles. The summed E-state index contributed by atoms with van der Waals surface area (Å²) in [6.07, 6.45) is 4.86. The molecule has 0 amide bonds. The molecule has 0 aliphatic carbocycles. The Bertz CT molecular complexity index is 614. The molecular formula is C13H18N2O4S2. The average Bonchev–Trinajstić information content (AvgIpc) is 2.43. The van der Waals surface area contributed by atoms with Crippen LogP contribution in [0.2, 0.25) is 0 Å². The minimum atomic E-state index is -3.66. The van der Waals surface area contributed by atoms with Crippen molar-refractivity contribution in [3.05, 3.63) is 30.1 Å². The smallest absolute Gasteiger partial charge is 0.328 e. The van der Waals surface area contributed by atoms with Crippen LogP contribution in [0.5, 0.6) is 0 Å². The highest BCUT2D eigenvalue weighted by Gasteiger charge is 2.17. The van der Waals surface area contributed by atoms with E-state index in [1.165, 1.54) is 24.5 Å². The van der Waals surface area contributed by atoms with E-state index in [9.17, 15) is 13.2 Å². The van der Waals surface area contributed by atoms with Gasteiger partial charge in [0.25, 0.3) is 0 Å². The maximum absolute atomic E-state index is 12.2. The largest absolute Gasteiger partial charge is 0.478 e. The summed E-state index contributed by atoms with van der Waals surface area (Å²) in [5, 5.41) is 8.57. The Balaban J connectivity index is 2.88. The Morgan fingerprint density at radius 3 is 2.86 bits per heavy atom. The average molecular weight is 330 g/mol. The lowest BCUT2D eigenvalue weighted by Gasteiger charge is -2.13. The van der Waals surface area contributed by atoms with Crippen LogP contribution in [-0.4, -0.2) is 42.0 Å². The monoisotopic (exact) mass is 330 g/mol. The molecule has 0 spiro atoms. The zero-order valence-corrected chi connectivity index (χ0v) is 13.4. The number of hydrogen-bond acceptors (Lipinski definition) is 5. The predicted molar refractivity (Wildman–Crippen MR) is 83.7 cm³/mol. The number of carboxylic acids is 1. The number of carbonyl (C=O) groups is 1. The summed E-state index contributed by atoms with van der Waals surface area (Å²) in [4.78, 5) is 14.3. The van der Waals surface area contributed by atoms with Gasteiger partial charge in [-0.25, -0.2) is 17.9 Å². The van der Waals surface area contributed by atoms with Gasteiger partial charge >= 0.3 is 5.97 Å². The maximum Gasteiger partial charge on any atom is 0.328 e. The van der Waals surface area contributed by atoms with Gasteiger partial charge in [-0.3, -0.25) is 4.98 Å². The highest BCUT2D eigenvalue weighted by Crippen LogP contribution is 2.12. The van der Waals surface area contributed by atoms with Gasteiger partial charge in [0.1, 0.15) is 4.90 Å². The van der Waals surface area contributed by atoms with E-state index >= 15 is 0 Å². The van der Waals surface area contributed by atoms with Gasteiger partial charge in [0.05, 0.1) is 0 Å². The number of aromatic nitrogens is 1. The molecule has 1 aromatic heterocycles. The van der Waals surface area contributed by atoms with Crippen LogP contribution < -0.4 is 4.72 Å². The van der Waals surface area contributed by atoms with E-state index in [1.807, 2.05) is 6.92 Å². The summed E-state index contributed by atoms with van der Waals surface area (Å²) in [6.45, 7) is 3.80. The molecule has 1 atom stereocenters. The van der Waals surface area contributed by atoms with E-state index in [0.29, 0.717) is 11.3 Å². The molecule has 6 nitrogen and oxygen atoms in total. The summed E-state index contributed by atoms with van der Waals surface area (Å²) < 4.78 is 27.0. The molecule has 0 bridgehead atoms. The van der Waals surface area contributed by atoms with E-state index in [1.54, 1.807) is 18.7 Å². The maximum atomic E-state index is 12.2. The number of thioether (sulfide) groups is 1. The van der Waals surface area contributed by atoms with Crippen LogP contribution in [0.3, 0.4) is 0 Å². The number of hydrogen-bond donors (Lipinski definition) is 2. The van der Waals surface area contributed by atoms with Crippen LogP contribution in [0.4, 0.5) is 0 Å². The third kappa shape index (κ3) is 6.28. The second kappa shape index (κ2) is 8.16. The van der Waals surface area contributed by atoms with Crippen molar-refractivity contribution in [2.75, 3.05) is 11.5 Å². The van der Waals surface area contributed by atoms with Gasteiger partial charge in [-0.15, -0.1) is 0 Å². The van der Waals surface area contributed by atoms with E-state index < -0.39 is 16.0 Å². The first-order valence-electron chi connectivity index (χ1n) is 6.31. The van der Waals surface area contributed by atoms with Gasteiger partial charge in [-0.2, -0.15) is 11.8 Å². The number of nitrogens with one attached hydrogen (secondary N) is 1. The summed E-state index contributed by atoms with van der Waals surface area (Å²) in [6, 6.07) is 1.19. The first-order valence-corrected chi connectivity index (χ1v) is 8.95. The summed E-state index contributed by atoms with van der Waals surface area (Å²) in [7, 11) is -3.66. The van der Waals surface area contributed by atoms with Gasteiger partial charge in [-0.05, 0) is 30.4 Å². The van der Waals surface area contributed by atoms with Crippen LogP contribution in [0.15, 0.2) is 29.4 Å². The quantitative estimate of drug-likeness (QED) is 0.703. The van der Waals surface area contributed by atoms with Crippen molar-refractivity contribution in [2.24, 2.45) is 0 Å². The van der Waals surface area contributed by atoms with Gasteiger partial charge in [0.2, 0.25) is 10.0 Å². The lowest BCUT2D eigenvalue weighted by molar-refractivity contribution is -0.131. The van der Waals surface area contributed by atoms with Gasteiger partial charge in [0, 0.05) is 30.3 Å². The molecule has 0 saturated carbocycles. The van der Waals surface area contributed by atoms with Gasteiger partial charge in [-0.1, -0.05) is 6.92 Å². The minimum Gasteiger partial charge on any atom is -0.478 e. The molecule has 0 fully saturated rings. The first-order chi connectivity index (χ1) is 9.85. The van der Waals surface area contributed by atoms with Crippen molar-refractivity contribution in [3.63, 3.8) is 0 Å². The molecule has 2 N–H and O–H groups in total. The molecule has 0 radical (unpaired) electrons. The van der Waals surface area contributed by atoms with Crippen molar-refractivity contribution in [1.82, 2.24) is 9.71 Å². The minimum absolute atomic E-state index is 0.0170. The molecule has 116 valence electrons. The molecule has 21 heavy (non-hydrogen) atoms. The Hall–Kier alpha value is -1.38. The topological polar surface area (TPSA) is 96.4 Å². The molecule has 1 rings (SSSR count). The third-order valence-electron chi connectivity index (χ3n) is 2.39. The molecule has 8 heteroatoms. The number of rotatable bonds is 8. The van der Waals surface area contributed by atoms with Crippen LogP contribution in [0, 0.1) is 0 Å². The summed E-state index contributed by atoms with van der Waals surface area (Å²) in [5.74, 6) is 0.497.